The molecule has 2 aromatic rings. The maximum Gasteiger partial charge on any atom is 0.317 e. The summed E-state index contributed by atoms with van der Waals surface area (Å²) in [4.78, 5) is 32.4. The van der Waals surface area contributed by atoms with Gasteiger partial charge in [-0.05, 0) is 37.5 Å². The van der Waals surface area contributed by atoms with Crippen LogP contribution in [0, 0.1) is 6.92 Å². The molecule has 0 unspecified atom stereocenters. The highest BCUT2D eigenvalue weighted by Crippen LogP contribution is 2.29. The maximum atomic E-state index is 12.5. The van der Waals surface area contributed by atoms with Gasteiger partial charge in [-0.1, -0.05) is 12.1 Å². The van der Waals surface area contributed by atoms with Gasteiger partial charge in [-0.15, -0.1) is 0 Å². The van der Waals surface area contributed by atoms with Gasteiger partial charge in [0.05, 0.1) is 7.11 Å². The van der Waals surface area contributed by atoms with Crippen LogP contribution in [0.15, 0.2) is 28.7 Å². The summed E-state index contributed by atoms with van der Waals surface area (Å²) < 4.78 is 11.0. The predicted octanol–water partition coefficient (Wildman–Crippen LogP) is 2.78. The molecule has 0 atom stereocenters. The van der Waals surface area contributed by atoms with Crippen LogP contribution in [0.25, 0.3) is 0 Å². The van der Waals surface area contributed by atoms with Gasteiger partial charge < -0.3 is 24.3 Å². The van der Waals surface area contributed by atoms with E-state index in [0.717, 1.165) is 24.2 Å². The van der Waals surface area contributed by atoms with Crippen LogP contribution >= 0.6 is 0 Å². The predicted molar refractivity (Wildman–Crippen MR) is 108 cm³/mol. The van der Waals surface area contributed by atoms with E-state index in [1.165, 1.54) is 4.90 Å². The minimum Gasteiger partial charge on any atom is -0.497 e. The molecule has 8 nitrogen and oxygen atoms in total. The topological polar surface area (TPSA) is 87.9 Å². The molecular weight excluding hydrogens is 372 g/mol. The molecule has 3 rings (SSSR count). The van der Waals surface area contributed by atoms with Gasteiger partial charge >= 0.3 is 6.03 Å². The molecule has 3 amide bonds. The van der Waals surface area contributed by atoms with Crippen LogP contribution in [0.3, 0.4) is 0 Å². The average molecular weight is 400 g/mol. The number of carbonyl (C=O) groups excluding carboxylic acids is 2. The maximum absolute atomic E-state index is 12.5. The Morgan fingerprint density at radius 1 is 1.31 bits per heavy atom. The van der Waals surface area contributed by atoms with Crippen molar-refractivity contribution >= 4 is 11.9 Å². The number of hydrogen-bond donors (Lipinski definition) is 1. The molecule has 1 aromatic heterocycles. The lowest BCUT2D eigenvalue weighted by atomic mass is 9.97. The van der Waals surface area contributed by atoms with Crippen molar-refractivity contribution < 1.29 is 18.7 Å². The lowest BCUT2D eigenvalue weighted by molar-refractivity contribution is 0.0821. The number of likely N-dealkylation sites (tertiary alicyclic amines) is 1. The number of piperidine rings is 1. The third kappa shape index (κ3) is 4.88. The van der Waals surface area contributed by atoms with Gasteiger partial charge in [0.2, 0.25) is 0 Å². The number of nitrogens with zero attached hydrogens (tertiary/aromatic N) is 3. The molecule has 1 aliphatic heterocycles. The second-order valence-corrected chi connectivity index (χ2v) is 7.43. The highest BCUT2D eigenvalue weighted by molar-refractivity contribution is 5.92. The molecule has 29 heavy (non-hydrogen) atoms. The fraction of sp³-hybridized carbons (Fsp3) is 0.476. The monoisotopic (exact) mass is 400 g/mol. The first kappa shape index (κ1) is 20.7. The normalized spacial score (nSPS) is 14.6. The summed E-state index contributed by atoms with van der Waals surface area (Å²) in [6.07, 6.45) is 1.50. The second-order valence-electron chi connectivity index (χ2n) is 7.43. The number of benzene rings is 1. The molecule has 2 heterocycles. The van der Waals surface area contributed by atoms with Crippen LogP contribution < -0.4 is 10.1 Å². The van der Waals surface area contributed by atoms with Crippen molar-refractivity contribution in [2.45, 2.75) is 32.2 Å². The third-order valence-electron chi connectivity index (χ3n) is 5.13. The van der Waals surface area contributed by atoms with E-state index in [0.29, 0.717) is 37.0 Å². The summed E-state index contributed by atoms with van der Waals surface area (Å²) in [5.41, 5.74) is 1.35. The molecule has 1 saturated heterocycles. The fourth-order valence-electron chi connectivity index (χ4n) is 3.40. The number of urea groups is 1. The van der Waals surface area contributed by atoms with Gasteiger partial charge in [0.15, 0.2) is 11.6 Å². The minimum atomic E-state index is -0.160. The van der Waals surface area contributed by atoms with E-state index in [1.54, 1.807) is 33.0 Å². The van der Waals surface area contributed by atoms with Crippen LogP contribution in [-0.4, -0.2) is 61.0 Å². The first-order valence-electron chi connectivity index (χ1n) is 9.73. The number of aromatic nitrogens is 1. The molecule has 1 aliphatic rings. The zero-order valence-corrected chi connectivity index (χ0v) is 17.4. The van der Waals surface area contributed by atoms with E-state index >= 15 is 0 Å². The van der Waals surface area contributed by atoms with E-state index < -0.39 is 0 Å². The van der Waals surface area contributed by atoms with Crippen molar-refractivity contribution in [3.63, 3.8) is 0 Å². The molecule has 0 bridgehead atoms. The molecule has 0 aliphatic carbocycles. The number of rotatable bonds is 5. The van der Waals surface area contributed by atoms with Crippen LogP contribution in [0.4, 0.5) is 4.79 Å². The van der Waals surface area contributed by atoms with Crippen molar-refractivity contribution in [2.75, 3.05) is 34.3 Å². The smallest absolute Gasteiger partial charge is 0.317 e. The fourth-order valence-corrected chi connectivity index (χ4v) is 3.40. The standard InChI is InChI=1S/C21H28N4O4/c1-14-18(20(26)24(2)3)23-19(29-14)16-8-10-25(11-9-16)21(27)22-13-15-6-5-7-17(12-15)28-4/h5-7,12,16H,8-11,13H2,1-4H3,(H,22,27). The Morgan fingerprint density at radius 2 is 2.03 bits per heavy atom. The molecule has 8 heteroatoms. The van der Waals surface area contributed by atoms with Crippen LogP contribution in [0.2, 0.25) is 0 Å². The SMILES string of the molecule is COc1cccc(CNC(=O)N2CCC(c3nc(C(=O)N(C)C)c(C)o3)CC2)c1. The molecule has 0 saturated carbocycles. The summed E-state index contributed by atoms with van der Waals surface area (Å²) in [6, 6.07) is 7.55. The minimum absolute atomic E-state index is 0.0849. The van der Waals surface area contributed by atoms with Crippen LogP contribution in [-0.2, 0) is 6.54 Å². The molecule has 1 N–H and O–H groups in total. The molecule has 1 aromatic carbocycles. The van der Waals surface area contributed by atoms with Crippen molar-refractivity contribution in [1.29, 1.82) is 0 Å². The Hall–Kier alpha value is -3.03. The highest BCUT2D eigenvalue weighted by atomic mass is 16.5. The number of ether oxygens (including phenoxy) is 1. The van der Waals surface area contributed by atoms with Gasteiger partial charge in [-0.25, -0.2) is 9.78 Å². The van der Waals surface area contributed by atoms with Gasteiger partial charge in [-0.3, -0.25) is 4.79 Å². The average Bonchev–Trinajstić information content (AvgIpc) is 3.13. The van der Waals surface area contributed by atoms with Gasteiger partial charge in [0, 0.05) is 39.6 Å². The number of carbonyl (C=O) groups is 2. The number of aryl methyl sites for hydroxylation is 1. The largest absolute Gasteiger partial charge is 0.497 e. The van der Waals surface area contributed by atoms with Gasteiger partial charge in [-0.2, -0.15) is 0 Å². The number of amides is 3. The van der Waals surface area contributed by atoms with Crippen LogP contribution in [0.5, 0.6) is 5.75 Å². The highest BCUT2D eigenvalue weighted by Gasteiger charge is 2.29. The summed E-state index contributed by atoms with van der Waals surface area (Å²) in [5.74, 6) is 1.85. The number of hydrogen-bond acceptors (Lipinski definition) is 5. The molecule has 156 valence electrons. The summed E-state index contributed by atoms with van der Waals surface area (Å²) in [6.45, 7) is 3.44. The Balaban J connectivity index is 1.53. The van der Waals surface area contributed by atoms with Crippen molar-refractivity contribution in [1.82, 2.24) is 20.1 Å². The van der Waals surface area contributed by atoms with E-state index in [2.05, 4.69) is 10.3 Å². The van der Waals surface area contributed by atoms with E-state index in [9.17, 15) is 9.59 Å². The van der Waals surface area contributed by atoms with Gasteiger partial charge in [0.1, 0.15) is 11.5 Å². The quantitative estimate of drug-likeness (QED) is 0.834. The molecule has 0 spiro atoms. The first-order chi connectivity index (χ1) is 13.9. The van der Waals surface area contributed by atoms with Crippen molar-refractivity contribution in [2.24, 2.45) is 0 Å². The summed E-state index contributed by atoms with van der Waals surface area (Å²) >= 11 is 0. The molecule has 0 radical (unpaired) electrons. The van der Waals surface area contributed by atoms with Crippen LogP contribution in [0.1, 0.15) is 46.5 Å². The third-order valence-corrected chi connectivity index (χ3v) is 5.13. The van der Waals surface area contributed by atoms with Crippen molar-refractivity contribution in [3.05, 3.63) is 47.2 Å². The Bertz CT molecular complexity index is 869. The zero-order valence-electron chi connectivity index (χ0n) is 17.4. The van der Waals surface area contributed by atoms with Gasteiger partial charge in [0.25, 0.3) is 5.91 Å². The Morgan fingerprint density at radius 3 is 2.69 bits per heavy atom. The number of nitrogens with one attached hydrogen (secondary N) is 1. The number of oxazole rings is 1. The summed E-state index contributed by atoms with van der Waals surface area (Å²) in [7, 11) is 5.01. The Kier molecular flexibility index (Phi) is 6.41. The zero-order chi connectivity index (χ0) is 21.0. The summed E-state index contributed by atoms with van der Waals surface area (Å²) in [5, 5.41) is 2.96. The number of methoxy groups -OCH3 is 1. The second kappa shape index (κ2) is 8.98. The Labute approximate surface area is 170 Å². The van der Waals surface area contributed by atoms with Crippen molar-refractivity contribution in [3.8, 4) is 5.75 Å². The first-order valence-corrected chi connectivity index (χ1v) is 9.73. The van der Waals surface area contributed by atoms with E-state index in [-0.39, 0.29) is 17.9 Å². The molecular formula is C21H28N4O4. The van der Waals surface area contributed by atoms with E-state index in [1.807, 2.05) is 24.3 Å². The molecule has 1 fully saturated rings. The lowest BCUT2D eigenvalue weighted by Crippen LogP contribution is -2.43. The lowest BCUT2D eigenvalue weighted by Gasteiger charge is -2.30. The van der Waals surface area contributed by atoms with E-state index in [4.69, 9.17) is 9.15 Å².